The molecule has 0 atom stereocenters. The number of fused-ring (bicyclic) bond motifs is 1. The highest BCUT2D eigenvalue weighted by Crippen LogP contribution is 2.29. The fourth-order valence-electron chi connectivity index (χ4n) is 3.60. The van der Waals surface area contributed by atoms with Crippen molar-refractivity contribution in [2.45, 2.75) is 45.2 Å². The number of rotatable bonds is 3. The van der Waals surface area contributed by atoms with Crippen LogP contribution < -0.4 is 5.73 Å². The lowest BCUT2D eigenvalue weighted by atomic mass is 9.86. The van der Waals surface area contributed by atoms with Gasteiger partial charge in [0.2, 0.25) is 0 Å². The summed E-state index contributed by atoms with van der Waals surface area (Å²) in [5, 5.41) is 5.92. The van der Waals surface area contributed by atoms with Gasteiger partial charge in [-0.1, -0.05) is 30.3 Å². The van der Waals surface area contributed by atoms with Gasteiger partial charge >= 0.3 is 0 Å². The summed E-state index contributed by atoms with van der Waals surface area (Å²) >= 11 is 0. The number of aryl methyl sites for hydroxylation is 1. The number of hydrogen-bond acceptors (Lipinski definition) is 4. The van der Waals surface area contributed by atoms with Crippen LogP contribution in [0.1, 0.15) is 31.5 Å². The molecule has 0 aliphatic heterocycles. The average molecular weight is 321 g/mol. The van der Waals surface area contributed by atoms with Gasteiger partial charge in [-0.3, -0.25) is 0 Å². The van der Waals surface area contributed by atoms with Crippen molar-refractivity contribution in [1.82, 2.24) is 19.7 Å². The molecule has 0 bridgehead atoms. The normalized spacial score (nSPS) is 21.2. The van der Waals surface area contributed by atoms with Crippen molar-refractivity contribution in [2.24, 2.45) is 11.7 Å². The first-order valence-corrected chi connectivity index (χ1v) is 8.72. The van der Waals surface area contributed by atoms with Gasteiger partial charge in [0.05, 0.1) is 5.39 Å². The highest BCUT2D eigenvalue weighted by molar-refractivity contribution is 5.90. The molecule has 2 N–H and O–H groups in total. The van der Waals surface area contributed by atoms with Crippen molar-refractivity contribution >= 4 is 11.0 Å². The smallest absolute Gasteiger partial charge is 0.162 e. The Bertz CT molecular complexity index is 832. The van der Waals surface area contributed by atoms with Crippen LogP contribution in [0.25, 0.3) is 22.3 Å². The van der Waals surface area contributed by atoms with Gasteiger partial charge in [0.15, 0.2) is 5.65 Å². The summed E-state index contributed by atoms with van der Waals surface area (Å²) in [6.45, 7) is 2.84. The molecule has 0 radical (unpaired) electrons. The summed E-state index contributed by atoms with van der Waals surface area (Å²) in [5.74, 6) is 1.42. The van der Waals surface area contributed by atoms with E-state index in [9.17, 15) is 0 Å². The maximum atomic E-state index is 6.04. The SMILES string of the molecule is Cc1ncc2c(-c3ccccc3)nn(CC3CCC(N)CC3)c2n1. The van der Waals surface area contributed by atoms with E-state index in [1.165, 1.54) is 12.8 Å². The molecule has 124 valence electrons. The minimum atomic E-state index is 0.375. The van der Waals surface area contributed by atoms with Crippen molar-refractivity contribution < 1.29 is 0 Å². The molecule has 1 aliphatic carbocycles. The summed E-state index contributed by atoms with van der Waals surface area (Å²) in [5.41, 5.74) is 9.06. The number of aromatic nitrogens is 4. The zero-order valence-electron chi connectivity index (χ0n) is 14.0. The minimum absolute atomic E-state index is 0.375. The lowest BCUT2D eigenvalue weighted by molar-refractivity contribution is 0.288. The third kappa shape index (κ3) is 2.91. The number of hydrogen-bond donors (Lipinski definition) is 1. The second-order valence-corrected chi connectivity index (χ2v) is 6.83. The molecule has 1 saturated carbocycles. The molecule has 2 heterocycles. The van der Waals surface area contributed by atoms with Crippen molar-refractivity contribution in [1.29, 1.82) is 0 Å². The predicted molar refractivity (Wildman–Crippen MR) is 95.4 cm³/mol. The first-order valence-electron chi connectivity index (χ1n) is 8.72. The van der Waals surface area contributed by atoms with Gasteiger partial charge in [-0.15, -0.1) is 0 Å². The summed E-state index contributed by atoms with van der Waals surface area (Å²) in [7, 11) is 0. The van der Waals surface area contributed by atoms with Gasteiger partial charge in [-0.25, -0.2) is 14.6 Å². The molecular formula is C19H23N5. The Morgan fingerprint density at radius 1 is 1.12 bits per heavy atom. The molecule has 0 amide bonds. The van der Waals surface area contributed by atoms with Crippen LogP contribution in [0.3, 0.4) is 0 Å². The van der Waals surface area contributed by atoms with E-state index in [4.69, 9.17) is 10.8 Å². The van der Waals surface area contributed by atoms with Crippen LogP contribution in [0.5, 0.6) is 0 Å². The standard InChI is InChI=1S/C19H23N5/c1-13-21-11-17-18(15-5-3-2-4-6-15)23-24(19(17)22-13)12-14-7-9-16(20)10-8-14/h2-6,11,14,16H,7-10,12,20H2,1H3. The van der Waals surface area contributed by atoms with E-state index in [1.807, 2.05) is 31.3 Å². The number of nitrogens with zero attached hydrogens (tertiary/aromatic N) is 4. The first-order chi connectivity index (χ1) is 11.7. The molecular weight excluding hydrogens is 298 g/mol. The second-order valence-electron chi connectivity index (χ2n) is 6.83. The molecule has 1 aliphatic rings. The van der Waals surface area contributed by atoms with Gasteiger partial charge in [0.1, 0.15) is 11.5 Å². The Labute approximate surface area is 141 Å². The van der Waals surface area contributed by atoms with Crippen LogP contribution in [0.15, 0.2) is 36.5 Å². The number of benzene rings is 1. The summed E-state index contributed by atoms with van der Waals surface area (Å²) in [6.07, 6.45) is 6.48. The van der Waals surface area contributed by atoms with Gasteiger partial charge in [0.25, 0.3) is 0 Å². The molecule has 1 aromatic carbocycles. The predicted octanol–water partition coefficient (Wildman–Crippen LogP) is 3.32. The van der Waals surface area contributed by atoms with Crippen LogP contribution in [0.4, 0.5) is 0 Å². The maximum Gasteiger partial charge on any atom is 0.162 e. The van der Waals surface area contributed by atoms with Crippen LogP contribution in [0.2, 0.25) is 0 Å². The van der Waals surface area contributed by atoms with E-state index in [-0.39, 0.29) is 0 Å². The minimum Gasteiger partial charge on any atom is -0.328 e. The van der Waals surface area contributed by atoms with Crippen molar-refractivity contribution in [3.63, 3.8) is 0 Å². The van der Waals surface area contributed by atoms with E-state index in [0.717, 1.165) is 47.5 Å². The zero-order valence-corrected chi connectivity index (χ0v) is 14.0. The third-order valence-corrected chi connectivity index (χ3v) is 4.98. The van der Waals surface area contributed by atoms with Crippen molar-refractivity contribution in [2.75, 3.05) is 0 Å². The summed E-state index contributed by atoms with van der Waals surface area (Å²) in [6, 6.07) is 10.7. The lowest BCUT2D eigenvalue weighted by Gasteiger charge is -2.25. The third-order valence-electron chi connectivity index (χ3n) is 4.98. The molecule has 1 fully saturated rings. The van der Waals surface area contributed by atoms with Crippen LogP contribution in [0, 0.1) is 12.8 Å². The molecule has 5 heteroatoms. The molecule has 0 spiro atoms. The van der Waals surface area contributed by atoms with Gasteiger partial charge in [-0.2, -0.15) is 5.10 Å². The van der Waals surface area contributed by atoms with Crippen LogP contribution in [-0.4, -0.2) is 25.8 Å². The quantitative estimate of drug-likeness (QED) is 0.803. The molecule has 0 saturated heterocycles. The van der Waals surface area contributed by atoms with Crippen molar-refractivity contribution in [3.05, 3.63) is 42.4 Å². The zero-order chi connectivity index (χ0) is 16.5. The molecule has 5 nitrogen and oxygen atoms in total. The fraction of sp³-hybridized carbons (Fsp3) is 0.421. The van der Waals surface area contributed by atoms with E-state index < -0.39 is 0 Å². The Balaban J connectivity index is 1.73. The monoisotopic (exact) mass is 321 g/mol. The van der Waals surface area contributed by atoms with Crippen LogP contribution in [-0.2, 0) is 6.54 Å². The van der Waals surface area contributed by atoms with Crippen LogP contribution >= 0.6 is 0 Å². The van der Waals surface area contributed by atoms with Gasteiger partial charge < -0.3 is 5.73 Å². The highest BCUT2D eigenvalue weighted by Gasteiger charge is 2.21. The topological polar surface area (TPSA) is 69.6 Å². The van der Waals surface area contributed by atoms with E-state index in [2.05, 4.69) is 26.8 Å². The van der Waals surface area contributed by atoms with E-state index >= 15 is 0 Å². The lowest BCUT2D eigenvalue weighted by Crippen LogP contribution is -2.28. The summed E-state index contributed by atoms with van der Waals surface area (Å²) in [4.78, 5) is 9.05. The Morgan fingerprint density at radius 3 is 2.62 bits per heavy atom. The second kappa shape index (κ2) is 6.32. The first kappa shape index (κ1) is 15.3. The molecule has 24 heavy (non-hydrogen) atoms. The Morgan fingerprint density at radius 2 is 1.88 bits per heavy atom. The number of nitrogens with two attached hydrogens (primary N) is 1. The average Bonchev–Trinajstić information content (AvgIpc) is 2.95. The largest absolute Gasteiger partial charge is 0.328 e. The van der Waals surface area contributed by atoms with Gasteiger partial charge in [-0.05, 0) is 38.5 Å². The maximum absolute atomic E-state index is 6.04. The molecule has 0 unspecified atom stereocenters. The fourth-order valence-corrected chi connectivity index (χ4v) is 3.60. The highest BCUT2D eigenvalue weighted by atomic mass is 15.3. The van der Waals surface area contributed by atoms with Crippen molar-refractivity contribution in [3.8, 4) is 11.3 Å². The Kier molecular flexibility index (Phi) is 4.02. The Hall–Kier alpha value is -2.27. The molecule has 4 rings (SSSR count). The summed E-state index contributed by atoms with van der Waals surface area (Å²) < 4.78 is 2.08. The van der Waals surface area contributed by atoms with Gasteiger partial charge in [0, 0.05) is 24.3 Å². The molecule has 3 aromatic rings. The van der Waals surface area contributed by atoms with E-state index in [0.29, 0.717) is 12.0 Å². The molecule has 2 aromatic heterocycles. The van der Waals surface area contributed by atoms with E-state index in [1.54, 1.807) is 0 Å².